The first-order valence-electron chi connectivity index (χ1n) is 4.43. The van der Waals surface area contributed by atoms with Crippen LogP contribution >= 0.6 is 11.8 Å². The molecular formula is C11H15NS. The first-order valence-corrected chi connectivity index (χ1v) is 5.48. The van der Waals surface area contributed by atoms with E-state index in [1.807, 2.05) is 24.9 Å². The average Bonchev–Trinajstić information content (AvgIpc) is 2.21. The van der Waals surface area contributed by atoms with Gasteiger partial charge in [-0.05, 0) is 16.7 Å². The largest absolute Gasteiger partial charge is 0.387 e. The van der Waals surface area contributed by atoms with Gasteiger partial charge in [-0.1, -0.05) is 37.3 Å². The average molecular weight is 193 g/mol. The Labute approximate surface area is 84.2 Å². The van der Waals surface area contributed by atoms with Gasteiger partial charge in [-0.25, -0.2) is 0 Å². The van der Waals surface area contributed by atoms with E-state index in [1.165, 1.54) is 11.3 Å². The maximum Gasteiger partial charge on any atom is 0.0475 e. The molecular weight excluding hydrogens is 178 g/mol. The molecule has 1 nitrogen and oxygen atoms in total. The Hall–Kier alpha value is -0.890. The normalized spacial score (nSPS) is 11.4. The molecule has 0 aliphatic heterocycles. The van der Waals surface area contributed by atoms with Gasteiger partial charge in [-0.2, -0.15) is 0 Å². The van der Waals surface area contributed by atoms with E-state index in [2.05, 4.69) is 41.9 Å². The van der Waals surface area contributed by atoms with Crippen LogP contribution in [0.5, 0.6) is 0 Å². The van der Waals surface area contributed by atoms with Crippen molar-refractivity contribution in [2.45, 2.75) is 6.92 Å². The van der Waals surface area contributed by atoms with Gasteiger partial charge in [0.15, 0.2) is 0 Å². The van der Waals surface area contributed by atoms with Crippen LogP contribution in [0.25, 0.3) is 5.70 Å². The Balaban J connectivity index is 2.78. The van der Waals surface area contributed by atoms with Crippen molar-refractivity contribution in [3.05, 3.63) is 41.3 Å². The molecule has 1 aromatic rings. The molecule has 0 fully saturated rings. The van der Waals surface area contributed by atoms with Gasteiger partial charge in [0, 0.05) is 12.7 Å². The highest BCUT2D eigenvalue weighted by molar-refractivity contribution is 8.02. The number of rotatable bonds is 4. The van der Waals surface area contributed by atoms with Crippen LogP contribution in [0.3, 0.4) is 0 Å². The number of hydrogen-bond acceptors (Lipinski definition) is 2. The SMILES string of the molecule is CCS/C=C(\NC)c1ccccc1. The summed E-state index contributed by atoms with van der Waals surface area (Å²) in [4.78, 5) is 0. The molecule has 0 heterocycles. The maximum absolute atomic E-state index is 3.19. The Morgan fingerprint density at radius 1 is 1.38 bits per heavy atom. The fourth-order valence-corrected chi connectivity index (χ4v) is 1.64. The van der Waals surface area contributed by atoms with Crippen molar-refractivity contribution in [3.8, 4) is 0 Å². The minimum atomic E-state index is 1.11. The standard InChI is InChI=1S/C11H15NS/c1-3-13-9-11(12-2)10-7-5-4-6-8-10/h4-9,12H,3H2,1-2H3/b11-9-. The van der Waals surface area contributed by atoms with E-state index in [-0.39, 0.29) is 0 Å². The van der Waals surface area contributed by atoms with Gasteiger partial charge >= 0.3 is 0 Å². The second kappa shape index (κ2) is 5.70. The van der Waals surface area contributed by atoms with Crippen LogP contribution in [0, 0.1) is 0 Å². The Kier molecular flexibility index (Phi) is 4.47. The third kappa shape index (κ3) is 3.15. The Morgan fingerprint density at radius 3 is 2.62 bits per heavy atom. The van der Waals surface area contributed by atoms with E-state index < -0.39 is 0 Å². The summed E-state index contributed by atoms with van der Waals surface area (Å²) in [5.74, 6) is 1.11. The summed E-state index contributed by atoms with van der Waals surface area (Å²) >= 11 is 1.81. The zero-order chi connectivity index (χ0) is 9.52. The minimum absolute atomic E-state index is 1.11. The van der Waals surface area contributed by atoms with Crippen LogP contribution in [-0.4, -0.2) is 12.8 Å². The second-order valence-electron chi connectivity index (χ2n) is 2.60. The summed E-state index contributed by atoms with van der Waals surface area (Å²) in [6, 6.07) is 10.4. The highest BCUT2D eigenvalue weighted by atomic mass is 32.2. The molecule has 1 aromatic carbocycles. The molecule has 0 spiro atoms. The van der Waals surface area contributed by atoms with Crippen molar-refractivity contribution >= 4 is 17.5 Å². The van der Waals surface area contributed by atoms with E-state index in [0.717, 1.165) is 5.75 Å². The van der Waals surface area contributed by atoms with Crippen LogP contribution < -0.4 is 5.32 Å². The molecule has 2 heteroatoms. The summed E-state index contributed by atoms with van der Waals surface area (Å²) in [5.41, 5.74) is 2.43. The van der Waals surface area contributed by atoms with Crippen molar-refractivity contribution in [3.63, 3.8) is 0 Å². The lowest BCUT2D eigenvalue weighted by Gasteiger charge is -2.05. The fraction of sp³-hybridized carbons (Fsp3) is 0.273. The van der Waals surface area contributed by atoms with Crippen molar-refractivity contribution in [2.24, 2.45) is 0 Å². The van der Waals surface area contributed by atoms with Gasteiger partial charge in [0.25, 0.3) is 0 Å². The van der Waals surface area contributed by atoms with Crippen LogP contribution in [0.4, 0.5) is 0 Å². The first kappa shape index (κ1) is 10.2. The molecule has 0 unspecified atom stereocenters. The Bertz CT molecular complexity index is 267. The monoisotopic (exact) mass is 193 g/mol. The predicted octanol–water partition coefficient (Wildman–Crippen LogP) is 2.96. The lowest BCUT2D eigenvalue weighted by atomic mass is 10.2. The molecule has 0 atom stereocenters. The second-order valence-corrected chi connectivity index (χ2v) is 3.75. The molecule has 0 aliphatic rings. The van der Waals surface area contributed by atoms with Crippen molar-refractivity contribution in [1.82, 2.24) is 5.32 Å². The lowest BCUT2D eigenvalue weighted by molar-refractivity contribution is 1.13. The molecule has 13 heavy (non-hydrogen) atoms. The molecule has 0 bridgehead atoms. The quantitative estimate of drug-likeness (QED) is 0.789. The molecule has 0 radical (unpaired) electrons. The molecule has 0 aliphatic carbocycles. The van der Waals surface area contributed by atoms with Gasteiger partial charge in [0.1, 0.15) is 0 Å². The molecule has 1 N–H and O–H groups in total. The molecule has 1 rings (SSSR count). The van der Waals surface area contributed by atoms with Crippen molar-refractivity contribution < 1.29 is 0 Å². The van der Waals surface area contributed by atoms with E-state index in [1.54, 1.807) is 0 Å². The summed E-state index contributed by atoms with van der Waals surface area (Å²) < 4.78 is 0. The van der Waals surface area contributed by atoms with Crippen molar-refractivity contribution in [1.29, 1.82) is 0 Å². The zero-order valence-corrected chi connectivity index (χ0v) is 8.90. The topological polar surface area (TPSA) is 12.0 Å². The number of nitrogens with one attached hydrogen (secondary N) is 1. The summed E-state index contributed by atoms with van der Waals surface area (Å²) in [6.45, 7) is 2.15. The summed E-state index contributed by atoms with van der Waals surface area (Å²) in [7, 11) is 1.95. The first-order chi connectivity index (χ1) is 6.38. The van der Waals surface area contributed by atoms with Gasteiger partial charge in [0.2, 0.25) is 0 Å². The predicted molar refractivity (Wildman–Crippen MR) is 61.6 cm³/mol. The molecule has 0 amide bonds. The van der Waals surface area contributed by atoms with Gasteiger partial charge in [-0.15, -0.1) is 11.8 Å². The zero-order valence-electron chi connectivity index (χ0n) is 8.08. The van der Waals surface area contributed by atoms with Gasteiger partial charge < -0.3 is 5.32 Å². The molecule has 0 saturated carbocycles. The third-order valence-corrected chi connectivity index (χ3v) is 2.46. The van der Waals surface area contributed by atoms with Crippen LogP contribution in [0.1, 0.15) is 12.5 Å². The fourth-order valence-electron chi connectivity index (χ4n) is 1.06. The van der Waals surface area contributed by atoms with Crippen molar-refractivity contribution in [2.75, 3.05) is 12.8 Å². The summed E-state index contributed by atoms with van der Waals surface area (Å²) in [5, 5.41) is 5.36. The number of benzene rings is 1. The molecule has 0 aromatic heterocycles. The maximum atomic E-state index is 3.19. The number of hydrogen-bond donors (Lipinski definition) is 1. The smallest absolute Gasteiger partial charge is 0.0475 e. The van der Waals surface area contributed by atoms with E-state index in [9.17, 15) is 0 Å². The third-order valence-electron chi connectivity index (χ3n) is 1.72. The van der Waals surface area contributed by atoms with Gasteiger partial charge in [-0.3, -0.25) is 0 Å². The number of thioether (sulfide) groups is 1. The van der Waals surface area contributed by atoms with Crippen LogP contribution in [0.15, 0.2) is 35.7 Å². The van der Waals surface area contributed by atoms with Crippen LogP contribution in [-0.2, 0) is 0 Å². The van der Waals surface area contributed by atoms with E-state index >= 15 is 0 Å². The van der Waals surface area contributed by atoms with E-state index in [4.69, 9.17) is 0 Å². The van der Waals surface area contributed by atoms with Crippen LogP contribution in [0.2, 0.25) is 0 Å². The van der Waals surface area contributed by atoms with E-state index in [0.29, 0.717) is 0 Å². The minimum Gasteiger partial charge on any atom is -0.387 e. The summed E-state index contributed by atoms with van der Waals surface area (Å²) in [6.07, 6.45) is 0. The highest BCUT2D eigenvalue weighted by Crippen LogP contribution is 2.14. The lowest BCUT2D eigenvalue weighted by Crippen LogP contribution is -2.03. The van der Waals surface area contributed by atoms with Gasteiger partial charge in [0.05, 0.1) is 0 Å². The highest BCUT2D eigenvalue weighted by Gasteiger charge is 1.95. The molecule has 70 valence electrons. The Morgan fingerprint density at radius 2 is 2.08 bits per heavy atom. The molecule has 0 saturated heterocycles.